The van der Waals surface area contributed by atoms with Gasteiger partial charge in [0.25, 0.3) is 0 Å². The zero-order chi connectivity index (χ0) is 35.8. The summed E-state index contributed by atoms with van der Waals surface area (Å²) in [5.41, 5.74) is 22.1. The van der Waals surface area contributed by atoms with Crippen molar-refractivity contribution in [2.45, 2.75) is 10.8 Å². The number of fused-ring (bicyclic) bond motifs is 20. The van der Waals surface area contributed by atoms with Crippen molar-refractivity contribution in [3.8, 4) is 67.8 Å². The maximum atomic E-state index is 10.1. The number of hydrogen-bond acceptors (Lipinski definition) is 2. The number of hydrogen-bond donors (Lipinski definition) is 0. The molecule has 0 amide bonds. The van der Waals surface area contributed by atoms with Crippen LogP contribution < -0.4 is 0 Å². The van der Waals surface area contributed by atoms with Crippen LogP contribution in [-0.4, -0.2) is 0 Å². The fourth-order valence-electron chi connectivity index (χ4n) is 10.8. The van der Waals surface area contributed by atoms with Gasteiger partial charge in [-0.1, -0.05) is 133 Å². The van der Waals surface area contributed by atoms with Crippen LogP contribution >= 0.6 is 0 Å². The first-order chi connectivity index (χ1) is 26.7. The number of nitriles is 2. The molecule has 0 fully saturated rings. The van der Waals surface area contributed by atoms with Gasteiger partial charge in [-0.15, -0.1) is 0 Å². The number of nitrogens with zero attached hydrogens (tertiary/aromatic N) is 2. The molecular formula is C52H28N2. The molecule has 54 heavy (non-hydrogen) atoms. The Labute approximate surface area is 313 Å². The van der Waals surface area contributed by atoms with Gasteiger partial charge in [-0.25, -0.2) is 0 Å². The van der Waals surface area contributed by atoms with Gasteiger partial charge in [-0.3, -0.25) is 0 Å². The minimum atomic E-state index is -0.550. The van der Waals surface area contributed by atoms with E-state index in [-0.39, 0.29) is 0 Å². The largest absolute Gasteiger partial charge is 0.192 e. The third kappa shape index (κ3) is 3.31. The molecule has 0 aromatic heterocycles. The van der Waals surface area contributed by atoms with E-state index in [2.05, 4.69) is 170 Å². The summed E-state index contributed by atoms with van der Waals surface area (Å²) in [6.45, 7) is 0. The average molecular weight is 681 g/mol. The van der Waals surface area contributed by atoms with E-state index in [0.717, 1.165) is 11.1 Å². The van der Waals surface area contributed by atoms with E-state index in [1.165, 1.54) is 89.0 Å². The lowest BCUT2D eigenvalue weighted by Gasteiger charge is -2.31. The molecule has 2 spiro atoms. The van der Waals surface area contributed by atoms with Gasteiger partial charge in [0.2, 0.25) is 0 Å². The van der Waals surface area contributed by atoms with E-state index in [0.29, 0.717) is 11.1 Å². The van der Waals surface area contributed by atoms with E-state index in [1.807, 2.05) is 12.1 Å². The van der Waals surface area contributed by atoms with E-state index >= 15 is 0 Å². The molecule has 0 radical (unpaired) electrons. The zero-order valence-corrected chi connectivity index (χ0v) is 29.1. The highest BCUT2D eigenvalue weighted by Crippen LogP contribution is 2.65. The highest BCUT2D eigenvalue weighted by molar-refractivity contribution is 5.98. The Morgan fingerprint density at radius 1 is 0.278 bits per heavy atom. The highest BCUT2D eigenvalue weighted by atomic mass is 14.5. The number of benzene rings is 8. The summed E-state index contributed by atoms with van der Waals surface area (Å²) < 4.78 is 0. The van der Waals surface area contributed by atoms with Crippen molar-refractivity contribution in [2.75, 3.05) is 0 Å². The second-order valence-electron chi connectivity index (χ2n) is 14.9. The summed E-state index contributed by atoms with van der Waals surface area (Å²) in [6, 6.07) is 66.5. The molecule has 246 valence electrons. The van der Waals surface area contributed by atoms with Gasteiger partial charge >= 0.3 is 0 Å². The number of rotatable bonds is 1. The van der Waals surface area contributed by atoms with Gasteiger partial charge in [-0.2, -0.15) is 10.5 Å². The predicted octanol–water partition coefficient (Wildman–Crippen LogP) is 11.8. The maximum absolute atomic E-state index is 10.1. The Balaban J connectivity index is 1.14. The maximum Gasteiger partial charge on any atom is 0.0991 e. The summed E-state index contributed by atoms with van der Waals surface area (Å²) in [5, 5.41) is 20.2. The van der Waals surface area contributed by atoms with Gasteiger partial charge in [-0.05, 0) is 137 Å². The molecule has 2 nitrogen and oxygen atoms in total. The van der Waals surface area contributed by atoms with Crippen LogP contribution in [-0.2, 0) is 10.8 Å². The summed E-state index contributed by atoms with van der Waals surface area (Å²) in [6.07, 6.45) is 0. The molecule has 2 heteroatoms. The monoisotopic (exact) mass is 680 g/mol. The van der Waals surface area contributed by atoms with E-state index in [9.17, 15) is 10.5 Å². The van der Waals surface area contributed by atoms with Crippen molar-refractivity contribution >= 4 is 0 Å². The second kappa shape index (κ2) is 10.2. The molecule has 0 aliphatic heterocycles. The second-order valence-corrected chi connectivity index (χ2v) is 14.9. The van der Waals surface area contributed by atoms with Gasteiger partial charge in [0, 0.05) is 0 Å². The first-order valence-electron chi connectivity index (χ1n) is 18.5. The van der Waals surface area contributed by atoms with Crippen LogP contribution in [0.25, 0.3) is 55.6 Å². The zero-order valence-electron chi connectivity index (χ0n) is 29.1. The fraction of sp³-hybridized carbons (Fsp3) is 0.0385. The Morgan fingerprint density at radius 2 is 0.556 bits per heavy atom. The average Bonchev–Trinajstić information content (AvgIpc) is 3.91. The first kappa shape index (κ1) is 29.3. The van der Waals surface area contributed by atoms with Gasteiger partial charge in [0.1, 0.15) is 0 Å². The van der Waals surface area contributed by atoms with Gasteiger partial charge in [0.05, 0.1) is 34.1 Å². The lowest BCUT2D eigenvalue weighted by atomic mass is 9.69. The van der Waals surface area contributed by atoms with Crippen LogP contribution in [0, 0.1) is 22.7 Å². The molecule has 4 aliphatic rings. The topological polar surface area (TPSA) is 47.6 Å². The minimum Gasteiger partial charge on any atom is -0.192 e. The summed E-state index contributed by atoms with van der Waals surface area (Å²) in [4.78, 5) is 0. The Morgan fingerprint density at radius 3 is 0.889 bits per heavy atom. The van der Waals surface area contributed by atoms with E-state index < -0.39 is 10.8 Å². The molecule has 8 aromatic carbocycles. The van der Waals surface area contributed by atoms with Gasteiger partial charge < -0.3 is 0 Å². The fourth-order valence-corrected chi connectivity index (χ4v) is 10.8. The molecule has 0 heterocycles. The molecule has 0 N–H and O–H groups in total. The summed E-state index contributed by atoms with van der Waals surface area (Å²) in [5.74, 6) is 0. The van der Waals surface area contributed by atoms with Crippen molar-refractivity contribution in [3.05, 3.63) is 225 Å². The van der Waals surface area contributed by atoms with Crippen molar-refractivity contribution in [2.24, 2.45) is 0 Å². The third-order valence-corrected chi connectivity index (χ3v) is 12.8. The lowest BCUT2D eigenvalue weighted by molar-refractivity contribution is 0.792. The van der Waals surface area contributed by atoms with Crippen LogP contribution in [0.5, 0.6) is 0 Å². The van der Waals surface area contributed by atoms with Crippen molar-refractivity contribution < 1.29 is 0 Å². The Bertz CT molecular complexity index is 2860. The quantitative estimate of drug-likeness (QED) is 0.173. The Kier molecular flexibility index (Phi) is 5.54. The SMILES string of the molecule is N#Cc1ccc2c(c1)C1(c3ccccc3-2)c2ccccc2-c2ccc(-c3ccc4c(c3)C3(c5ccccc5-c5ccc(C#N)cc53)c3ccccc3-4)cc21. The third-order valence-electron chi connectivity index (χ3n) is 12.8. The van der Waals surface area contributed by atoms with Crippen molar-refractivity contribution in [3.63, 3.8) is 0 Å². The van der Waals surface area contributed by atoms with E-state index in [1.54, 1.807) is 0 Å². The molecule has 0 bridgehead atoms. The predicted molar refractivity (Wildman–Crippen MR) is 214 cm³/mol. The van der Waals surface area contributed by atoms with Gasteiger partial charge in [0.15, 0.2) is 0 Å². The normalized spacial score (nSPS) is 18.1. The molecule has 12 rings (SSSR count). The van der Waals surface area contributed by atoms with Crippen molar-refractivity contribution in [1.82, 2.24) is 0 Å². The smallest absolute Gasteiger partial charge is 0.0991 e. The molecule has 0 saturated carbocycles. The molecule has 8 aromatic rings. The first-order valence-corrected chi connectivity index (χ1v) is 18.5. The van der Waals surface area contributed by atoms with Crippen LogP contribution in [0.4, 0.5) is 0 Å². The highest BCUT2D eigenvalue weighted by Gasteiger charge is 2.53. The minimum absolute atomic E-state index is 0.550. The van der Waals surface area contributed by atoms with Crippen LogP contribution in [0.2, 0.25) is 0 Å². The summed E-state index contributed by atoms with van der Waals surface area (Å²) >= 11 is 0. The standard InChI is InChI=1S/C52H28N2/c53-29-31-17-21-39-35-9-1-5-13-43(35)51(47(39)25-31)45-15-7-3-11-37(45)41-23-19-33(27-49(41)51)34-20-24-42-38-12-4-8-16-46(38)52(50(42)28-34)44-14-6-2-10-36(44)40-22-18-32(30-54)26-48(40)52/h1-28H. The summed E-state index contributed by atoms with van der Waals surface area (Å²) in [7, 11) is 0. The Hall–Kier alpha value is -7.26. The van der Waals surface area contributed by atoms with Crippen LogP contribution in [0.1, 0.15) is 55.6 Å². The molecule has 2 atom stereocenters. The molecular weight excluding hydrogens is 653 g/mol. The molecule has 4 aliphatic carbocycles. The lowest BCUT2D eigenvalue weighted by Crippen LogP contribution is -2.26. The molecule has 2 unspecified atom stereocenters. The molecule has 0 saturated heterocycles. The van der Waals surface area contributed by atoms with Crippen LogP contribution in [0.15, 0.2) is 170 Å². The van der Waals surface area contributed by atoms with E-state index in [4.69, 9.17) is 0 Å². The van der Waals surface area contributed by atoms with Crippen molar-refractivity contribution in [1.29, 1.82) is 10.5 Å². The van der Waals surface area contributed by atoms with Crippen LogP contribution in [0.3, 0.4) is 0 Å².